The molecule has 136 valence electrons. The molecular weight excluding hydrogens is 318 g/mol. The van der Waals surface area contributed by atoms with Gasteiger partial charge in [0, 0.05) is 18.2 Å². The highest BCUT2D eigenvalue weighted by Crippen LogP contribution is 2.31. The lowest BCUT2D eigenvalue weighted by Gasteiger charge is -2.22. The Balaban J connectivity index is 1.76. The quantitative estimate of drug-likeness (QED) is 0.719. The van der Waals surface area contributed by atoms with E-state index in [4.69, 9.17) is 0 Å². The summed E-state index contributed by atoms with van der Waals surface area (Å²) in [5.41, 5.74) is 1.80. The Kier molecular flexibility index (Phi) is 6.98. The van der Waals surface area contributed by atoms with E-state index < -0.39 is 0 Å². The summed E-state index contributed by atoms with van der Waals surface area (Å²) >= 11 is 0. The molecule has 0 atom stereocenters. The second-order valence-corrected chi connectivity index (χ2v) is 6.58. The van der Waals surface area contributed by atoms with Crippen molar-refractivity contribution in [3.05, 3.63) is 29.8 Å². The van der Waals surface area contributed by atoms with Crippen LogP contribution in [0.3, 0.4) is 0 Å². The molecule has 1 aromatic rings. The summed E-state index contributed by atoms with van der Waals surface area (Å²) in [5, 5.41) is 5.32. The first kappa shape index (κ1) is 19.0. The lowest BCUT2D eigenvalue weighted by atomic mass is 10.2. The van der Waals surface area contributed by atoms with Gasteiger partial charge in [-0.1, -0.05) is 31.0 Å². The van der Waals surface area contributed by atoms with E-state index in [-0.39, 0.29) is 36.7 Å². The Bertz CT molecular complexity index is 609. The molecule has 0 unspecified atom stereocenters. The molecule has 25 heavy (non-hydrogen) atoms. The van der Waals surface area contributed by atoms with Gasteiger partial charge in [0.05, 0.1) is 13.1 Å². The predicted octanol–water partition coefficient (Wildman–Crippen LogP) is 2.09. The number of benzene rings is 1. The van der Waals surface area contributed by atoms with Crippen LogP contribution in [0.1, 0.15) is 38.2 Å². The van der Waals surface area contributed by atoms with Crippen molar-refractivity contribution in [1.82, 2.24) is 10.2 Å². The predicted molar refractivity (Wildman–Crippen MR) is 97.0 cm³/mol. The van der Waals surface area contributed by atoms with Gasteiger partial charge in [0.15, 0.2) is 0 Å². The number of nitrogens with one attached hydrogen (secondary N) is 2. The Morgan fingerprint density at radius 2 is 1.80 bits per heavy atom. The third-order valence-corrected chi connectivity index (χ3v) is 4.14. The molecular formula is C19H27N3O3. The van der Waals surface area contributed by atoms with Crippen molar-refractivity contribution < 1.29 is 14.4 Å². The first-order valence-corrected chi connectivity index (χ1v) is 8.91. The fourth-order valence-corrected chi connectivity index (χ4v) is 2.45. The van der Waals surface area contributed by atoms with Crippen LogP contribution in [0.5, 0.6) is 0 Å². The Morgan fingerprint density at radius 1 is 1.12 bits per heavy atom. The number of carbonyl (C=O) groups excluding carboxylic acids is 3. The van der Waals surface area contributed by atoms with Gasteiger partial charge < -0.3 is 15.5 Å². The summed E-state index contributed by atoms with van der Waals surface area (Å²) < 4.78 is 0. The van der Waals surface area contributed by atoms with E-state index in [9.17, 15) is 14.4 Å². The van der Waals surface area contributed by atoms with Crippen LogP contribution in [-0.4, -0.2) is 42.3 Å². The molecule has 6 nitrogen and oxygen atoms in total. The van der Waals surface area contributed by atoms with Crippen molar-refractivity contribution in [3.8, 4) is 0 Å². The van der Waals surface area contributed by atoms with Gasteiger partial charge in [0.1, 0.15) is 0 Å². The molecule has 0 aliphatic heterocycles. The van der Waals surface area contributed by atoms with Gasteiger partial charge in [-0.2, -0.15) is 0 Å². The third-order valence-electron chi connectivity index (χ3n) is 4.14. The van der Waals surface area contributed by atoms with Crippen LogP contribution in [0.25, 0.3) is 0 Å². The molecule has 1 aliphatic rings. The highest BCUT2D eigenvalue weighted by molar-refractivity contribution is 5.95. The Hall–Kier alpha value is -2.37. The van der Waals surface area contributed by atoms with Crippen molar-refractivity contribution in [1.29, 1.82) is 0 Å². The first-order chi connectivity index (χ1) is 12.0. The maximum absolute atomic E-state index is 12.2. The number of hydrogen-bond acceptors (Lipinski definition) is 3. The van der Waals surface area contributed by atoms with Crippen LogP contribution in [0.4, 0.5) is 5.69 Å². The normalized spacial score (nSPS) is 13.2. The summed E-state index contributed by atoms with van der Waals surface area (Å²) in [6.45, 7) is 4.53. The first-order valence-electron chi connectivity index (χ1n) is 8.91. The fourth-order valence-electron chi connectivity index (χ4n) is 2.45. The van der Waals surface area contributed by atoms with Gasteiger partial charge in [-0.05, 0) is 38.3 Å². The fraction of sp³-hybridized carbons (Fsp3) is 0.526. The second-order valence-electron chi connectivity index (χ2n) is 6.58. The lowest BCUT2D eigenvalue weighted by molar-refractivity contribution is -0.137. The maximum Gasteiger partial charge on any atom is 0.243 e. The van der Waals surface area contributed by atoms with Gasteiger partial charge in [0.25, 0.3) is 0 Å². The number of nitrogens with zero attached hydrogens (tertiary/aromatic N) is 1. The van der Waals surface area contributed by atoms with E-state index in [1.807, 2.05) is 31.2 Å². The molecule has 2 rings (SSSR count). The van der Waals surface area contributed by atoms with Crippen LogP contribution in [-0.2, 0) is 14.4 Å². The Labute approximate surface area is 149 Å². The molecule has 0 aromatic heterocycles. The van der Waals surface area contributed by atoms with Gasteiger partial charge in [-0.3, -0.25) is 14.4 Å². The summed E-state index contributed by atoms with van der Waals surface area (Å²) in [4.78, 5) is 37.8. The molecule has 1 fully saturated rings. The maximum atomic E-state index is 12.2. The van der Waals surface area contributed by atoms with E-state index in [1.165, 1.54) is 0 Å². The third kappa shape index (κ3) is 6.57. The van der Waals surface area contributed by atoms with Gasteiger partial charge >= 0.3 is 0 Å². The molecule has 1 aliphatic carbocycles. The number of aryl methyl sites for hydroxylation is 1. The zero-order valence-electron chi connectivity index (χ0n) is 15.0. The number of carbonyl (C=O) groups is 3. The molecule has 0 heterocycles. The van der Waals surface area contributed by atoms with Crippen LogP contribution in [0.2, 0.25) is 0 Å². The minimum atomic E-state index is -0.302. The van der Waals surface area contributed by atoms with Crippen LogP contribution < -0.4 is 10.6 Å². The topological polar surface area (TPSA) is 78.5 Å². The van der Waals surface area contributed by atoms with Gasteiger partial charge in [0.2, 0.25) is 17.7 Å². The standard InChI is InChI=1S/C19H27N3O3/c1-3-4-11-22(19(25)15-7-8-15)13-18(24)20-12-17(23)21-16-9-5-14(2)6-10-16/h5-6,9-10,15H,3-4,7-8,11-13H2,1-2H3,(H,20,24)(H,21,23). The SMILES string of the molecule is CCCCN(CC(=O)NCC(=O)Nc1ccc(C)cc1)C(=O)C1CC1. The average molecular weight is 345 g/mol. The molecule has 0 saturated heterocycles. The summed E-state index contributed by atoms with van der Waals surface area (Å²) in [5.74, 6) is -0.433. The minimum Gasteiger partial charge on any atom is -0.345 e. The van der Waals surface area contributed by atoms with E-state index in [1.54, 1.807) is 4.90 Å². The van der Waals surface area contributed by atoms with Gasteiger partial charge in [-0.25, -0.2) is 0 Å². The van der Waals surface area contributed by atoms with Crippen molar-refractivity contribution in [2.45, 2.75) is 39.5 Å². The van der Waals surface area contributed by atoms with Crippen molar-refractivity contribution in [2.24, 2.45) is 5.92 Å². The van der Waals surface area contributed by atoms with E-state index in [0.717, 1.165) is 31.2 Å². The monoisotopic (exact) mass is 345 g/mol. The number of unbranched alkanes of at least 4 members (excludes halogenated alkanes) is 1. The molecule has 1 saturated carbocycles. The molecule has 0 bridgehead atoms. The number of anilines is 1. The number of amides is 3. The van der Waals surface area contributed by atoms with E-state index >= 15 is 0 Å². The molecule has 6 heteroatoms. The summed E-state index contributed by atoms with van der Waals surface area (Å²) in [7, 11) is 0. The van der Waals surface area contributed by atoms with Crippen LogP contribution >= 0.6 is 0 Å². The van der Waals surface area contributed by atoms with Crippen molar-refractivity contribution >= 4 is 23.4 Å². The van der Waals surface area contributed by atoms with Crippen molar-refractivity contribution in [3.63, 3.8) is 0 Å². The molecule has 1 aromatic carbocycles. The molecule has 0 spiro atoms. The molecule has 0 radical (unpaired) electrons. The largest absolute Gasteiger partial charge is 0.345 e. The zero-order chi connectivity index (χ0) is 18.2. The summed E-state index contributed by atoms with van der Waals surface area (Å²) in [6.07, 6.45) is 3.68. The van der Waals surface area contributed by atoms with E-state index in [2.05, 4.69) is 17.6 Å². The smallest absolute Gasteiger partial charge is 0.243 e. The lowest BCUT2D eigenvalue weighted by Crippen LogP contribution is -2.43. The minimum absolute atomic E-state index is 0.0210. The second kappa shape index (κ2) is 9.20. The highest BCUT2D eigenvalue weighted by Gasteiger charge is 2.33. The van der Waals surface area contributed by atoms with Crippen LogP contribution in [0, 0.1) is 12.8 Å². The zero-order valence-corrected chi connectivity index (χ0v) is 15.0. The highest BCUT2D eigenvalue weighted by atomic mass is 16.2. The van der Waals surface area contributed by atoms with E-state index in [0.29, 0.717) is 12.2 Å². The molecule has 3 amide bonds. The summed E-state index contributed by atoms with van der Waals surface area (Å²) in [6, 6.07) is 7.44. The molecule has 2 N–H and O–H groups in total. The van der Waals surface area contributed by atoms with Gasteiger partial charge in [-0.15, -0.1) is 0 Å². The number of hydrogen-bond donors (Lipinski definition) is 2. The number of rotatable bonds is 9. The average Bonchev–Trinajstić information content (AvgIpc) is 3.43. The van der Waals surface area contributed by atoms with Crippen molar-refractivity contribution in [2.75, 3.05) is 25.0 Å². The Morgan fingerprint density at radius 3 is 2.40 bits per heavy atom. The van der Waals surface area contributed by atoms with Crippen LogP contribution in [0.15, 0.2) is 24.3 Å².